The summed E-state index contributed by atoms with van der Waals surface area (Å²) in [5.74, 6) is 1.00. The summed E-state index contributed by atoms with van der Waals surface area (Å²) in [6.07, 6.45) is 0. The maximum atomic E-state index is 13.3. The zero-order chi connectivity index (χ0) is 21.8. The normalized spacial score (nSPS) is 13.8. The fraction of sp³-hybridized carbons (Fsp3) is 0.227. The van der Waals surface area contributed by atoms with Crippen molar-refractivity contribution in [3.8, 4) is 17.0 Å². The summed E-state index contributed by atoms with van der Waals surface area (Å²) in [4.78, 5) is 16.3. The fourth-order valence-electron chi connectivity index (χ4n) is 3.35. The van der Waals surface area contributed by atoms with Crippen LogP contribution in [0.2, 0.25) is 5.02 Å². The fourth-order valence-corrected chi connectivity index (χ4v) is 3.53. The predicted octanol–water partition coefficient (Wildman–Crippen LogP) is 4.30. The number of nitrogens with one attached hydrogen (secondary N) is 1. The Kier molecular flexibility index (Phi) is 6.18. The molecule has 4 rings (SSSR count). The molecule has 0 saturated carbocycles. The second kappa shape index (κ2) is 9.18. The minimum atomic E-state index is -0.521. The van der Waals surface area contributed by atoms with Gasteiger partial charge in [-0.1, -0.05) is 23.7 Å². The number of benzene rings is 2. The third kappa shape index (κ3) is 4.86. The average molecular weight is 442 g/mol. The molecular weight excluding hydrogens is 421 g/mol. The first kappa shape index (κ1) is 20.9. The molecule has 0 aliphatic carbocycles. The molecule has 0 atom stereocenters. The minimum absolute atomic E-state index is 0.0291. The summed E-state index contributed by atoms with van der Waals surface area (Å²) in [5.41, 5.74) is 2.15. The number of piperazine rings is 1. The number of halogens is 2. The molecule has 160 valence electrons. The quantitative estimate of drug-likeness (QED) is 0.653. The van der Waals surface area contributed by atoms with Gasteiger partial charge in [-0.15, -0.1) is 10.2 Å². The standard InChI is InChI=1S/C22H21ClFN5O2/c1-31-17-4-2-3-15(13-17)20-7-8-21(27-26-20)28-9-11-29(12-10-28)22(30)25-16-5-6-19(24)18(23)14-16/h2-8,13-14H,9-12H2,1H3,(H,25,30). The number of carbonyl (C=O) groups is 1. The number of hydrogen-bond donors (Lipinski definition) is 1. The van der Waals surface area contributed by atoms with E-state index in [0.29, 0.717) is 31.9 Å². The van der Waals surface area contributed by atoms with Crippen molar-refractivity contribution in [2.45, 2.75) is 0 Å². The highest BCUT2D eigenvalue weighted by Gasteiger charge is 2.22. The molecule has 2 heterocycles. The molecule has 1 N–H and O–H groups in total. The summed E-state index contributed by atoms with van der Waals surface area (Å²) in [5, 5.41) is 11.4. The Morgan fingerprint density at radius 2 is 1.87 bits per heavy atom. The minimum Gasteiger partial charge on any atom is -0.497 e. The molecule has 2 amide bonds. The van der Waals surface area contributed by atoms with Crippen LogP contribution < -0.4 is 15.0 Å². The van der Waals surface area contributed by atoms with E-state index in [1.54, 1.807) is 12.0 Å². The van der Waals surface area contributed by atoms with Gasteiger partial charge in [-0.05, 0) is 42.5 Å². The van der Waals surface area contributed by atoms with Gasteiger partial charge >= 0.3 is 6.03 Å². The maximum absolute atomic E-state index is 13.3. The third-order valence-corrected chi connectivity index (χ3v) is 5.37. The number of aromatic nitrogens is 2. The van der Waals surface area contributed by atoms with Gasteiger partial charge in [0.25, 0.3) is 0 Å². The van der Waals surface area contributed by atoms with Crippen molar-refractivity contribution < 1.29 is 13.9 Å². The molecular formula is C22H21ClFN5O2. The Morgan fingerprint density at radius 1 is 1.06 bits per heavy atom. The van der Waals surface area contributed by atoms with Crippen LogP contribution in [0.4, 0.5) is 20.7 Å². The van der Waals surface area contributed by atoms with Crippen molar-refractivity contribution in [1.29, 1.82) is 0 Å². The van der Waals surface area contributed by atoms with E-state index in [-0.39, 0.29) is 11.1 Å². The van der Waals surface area contributed by atoms with Gasteiger partial charge in [0.05, 0.1) is 17.8 Å². The second-order valence-corrected chi connectivity index (χ2v) is 7.45. The van der Waals surface area contributed by atoms with E-state index < -0.39 is 5.82 Å². The largest absolute Gasteiger partial charge is 0.497 e. The summed E-state index contributed by atoms with van der Waals surface area (Å²) in [7, 11) is 1.63. The number of nitrogens with zero attached hydrogens (tertiary/aromatic N) is 4. The van der Waals surface area contributed by atoms with Crippen LogP contribution in [0.5, 0.6) is 5.75 Å². The Balaban J connectivity index is 1.35. The van der Waals surface area contributed by atoms with Crippen LogP contribution in [0.25, 0.3) is 11.3 Å². The van der Waals surface area contributed by atoms with E-state index >= 15 is 0 Å². The molecule has 2 aromatic carbocycles. The number of ether oxygens (including phenoxy) is 1. The van der Waals surface area contributed by atoms with Gasteiger partial charge in [0.1, 0.15) is 11.6 Å². The number of rotatable bonds is 4. The topological polar surface area (TPSA) is 70.6 Å². The highest BCUT2D eigenvalue weighted by atomic mass is 35.5. The first-order valence-electron chi connectivity index (χ1n) is 9.77. The Hall–Kier alpha value is -3.39. The van der Waals surface area contributed by atoms with Crippen molar-refractivity contribution in [3.05, 3.63) is 65.4 Å². The number of urea groups is 1. The molecule has 7 nitrogen and oxygen atoms in total. The SMILES string of the molecule is COc1cccc(-c2ccc(N3CCN(C(=O)Nc4ccc(F)c(Cl)c4)CC3)nn2)c1. The van der Waals surface area contributed by atoms with Gasteiger partial charge in [-0.2, -0.15) is 0 Å². The average Bonchev–Trinajstić information content (AvgIpc) is 2.82. The molecule has 3 aromatic rings. The van der Waals surface area contributed by atoms with Gasteiger partial charge in [0.15, 0.2) is 5.82 Å². The van der Waals surface area contributed by atoms with Gasteiger partial charge in [0, 0.05) is 37.4 Å². The first-order chi connectivity index (χ1) is 15.0. The van der Waals surface area contributed by atoms with Crippen LogP contribution in [0.15, 0.2) is 54.6 Å². The van der Waals surface area contributed by atoms with E-state index in [1.807, 2.05) is 36.4 Å². The van der Waals surface area contributed by atoms with Crippen molar-refractivity contribution >= 4 is 29.1 Å². The Morgan fingerprint density at radius 3 is 2.55 bits per heavy atom. The lowest BCUT2D eigenvalue weighted by atomic mass is 10.1. The lowest BCUT2D eigenvalue weighted by Crippen LogP contribution is -2.50. The molecule has 0 unspecified atom stereocenters. The number of amides is 2. The molecule has 1 aliphatic rings. The summed E-state index contributed by atoms with van der Waals surface area (Å²) in [6.45, 7) is 2.32. The summed E-state index contributed by atoms with van der Waals surface area (Å²) >= 11 is 5.77. The van der Waals surface area contributed by atoms with Crippen molar-refractivity contribution in [3.63, 3.8) is 0 Å². The van der Waals surface area contributed by atoms with Gasteiger partial charge in [0.2, 0.25) is 0 Å². The lowest BCUT2D eigenvalue weighted by molar-refractivity contribution is 0.208. The Labute approximate surface area is 184 Å². The van der Waals surface area contributed by atoms with Crippen LogP contribution in [-0.4, -0.2) is 54.4 Å². The van der Waals surface area contributed by atoms with Crippen LogP contribution >= 0.6 is 11.6 Å². The molecule has 0 radical (unpaired) electrons. The number of anilines is 2. The van der Waals surface area contributed by atoms with Crippen molar-refractivity contribution in [2.24, 2.45) is 0 Å². The van der Waals surface area contributed by atoms with E-state index in [4.69, 9.17) is 16.3 Å². The van der Waals surface area contributed by atoms with Crippen LogP contribution in [-0.2, 0) is 0 Å². The third-order valence-electron chi connectivity index (χ3n) is 5.08. The van der Waals surface area contributed by atoms with Gasteiger partial charge in [-0.25, -0.2) is 9.18 Å². The molecule has 1 fully saturated rings. The highest BCUT2D eigenvalue weighted by Crippen LogP contribution is 2.23. The predicted molar refractivity (Wildman–Crippen MR) is 118 cm³/mol. The zero-order valence-corrected chi connectivity index (χ0v) is 17.6. The smallest absolute Gasteiger partial charge is 0.321 e. The van der Waals surface area contributed by atoms with Gasteiger partial charge < -0.3 is 19.9 Å². The molecule has 1 aromatic heterocycles. The second-order valence-electron chi connectivity index (χ2n) is 7.04. The highest BCUT2D eigenvalue weighted by molar-refractivity contribution is 6.31. The van der Waals surface area contributed by atoms with E-state index in [1.165, 1.54) is 18.2 Å². The number of carbonyl (C=O) groups excluding carboxylic acids is 1. The zero-order valence-electron chi connectivity index (χ0n) is 16.9. The maximum Gasteiger partial charge on any atom is 0.321 e. The monoisotopic (exact) mass is 441 g/mol. The number of hydrogen-bond acceptors (Lipinski definition) is 5. The molecule has 0 bridgehead atoms. The van der Waals surface area contributed by atoms with Crippen molar-refractivity contribution in [2.75, 3.05) is 43.5 Å². The van der Waals surface area contributed by atoms with E-state index in [9.17, 15) is 9.18 Å². The Bertz CT molecular complexity index is 1070. The molecule has 9 heteroatoms. The summed E-state index contributed by atoms with van der Waals surface area (Å²) in [6, 6.07) is 15.4. The van der Waals surface area contributed by atoms with Crippen molar-refractivity contribution in [1.82, 2.24) is 15.1 Å². The lowest BCUT2D eigenvalue weighted by Gasteiger charge is -2.35. The van der Waals surface area contributed by atoms with E-state index in [0.717, 1.165) is 22.8 Å². The van der Waals surface area contributed by atoms with Gasteiger partial charge in [-0.3, -0.25) is 0 Å². The molecule has 31 heavy (non-hydrogen) atoms. The van der Waals surface area contributed by atoms with E-state index in [2.05, 4.69) is 20.4 Å². The molecule has 1 saturated heterocycles. The molecule has 1 aliphatic heterocycles. The first-order valence-corrected chi connectivity index (χ1v) is 10.2. The molecule has 0 spiro atoms. The van der Waals surface area contributed by atoms with Crippen LogP contribution in [0.1, 0.15) is 0 Å². The number of methoxy groups -OCH3 is 1. The summed E-state index contributed by atoms with van der Waals surface area (Å²) < 4.78 is 18.5. The van der Waals surface area contributed by atoms with Crippen LogP contribution in [0, 0.1) is 5.82 Å². The van der Waals surface area contributed by atoms with Crippen LogP contribution in [0.3, 0.4) is 0 Å².